The molecular weight excluding hydrogens is 387 g/mol. The topological polar surface area (TPSA) is 77.3 Å². The van der Waals surface area contributed by atoms with E-state index in [2.05, 4.69) is 15.3 Å². The van der Waals surface area contributed by atoms with E-state index in [0.717, 1.165) is 24.3 Å². The zero-order valence-corrected chi connectivity index (χ0v) is 14.6. The Kier molecular flexibility index (Phi) is 4.63. The minimum Gasteiger partial charge on any atom is -0.434 e. The standard InChI is InChI=1S/C20H12F3N3O3/c21-20(22,23)12-7-9-13(10-8-12)28-19(27)25-15-5-2-1-4-14(15)18-26-17-16(29-18)6-3-11-24-17/h1-11H,(H,25,27). The molecule has 0 spiro atoms. The molecule has 29 heavy (non-hydrogen) atoms. The van der Waals surface area contributed by atoms with Crippen molar-refractivity contribution in [3.8, 4) is 17.2 Å². The molecule has 0 aliphatic heterocycles. The average molecular weight is 399 g/mol. The summed E-state index contributed by atoms with van der Waals surface area (Å²) in [6.45, 7) is 0. The average Bonchev–Trinajstić information content (AvgIpc) is 3.12. The maximum atomic E-state index is 12.6. The Labute approximate surface area is 162 Å². The number of halogens is 3. The van der Waals surface area contributed by atoms with Crippen LogP contribution in [0.25, 0.3) is 22.7 Å². The molecule has 2 aromatic heterocycles. The Morgan fingerprint density at radius 2 is 1.76 bits per heavy atom. The number of amides is 1. The van der Waals surface area contributed by atoms with Gasteiger partial charge in [0, 0.05) is 6.20 Å². The number of pyridine rings is 1. The number of alkyl halides is 3. The van der Waals surface area contributed by atoms with Crippen molar-refractivity contribution in [3.05, 3.63) is 72.4 Å². The second-order valence-corrected chi connectivity index (χ2v) is 5.93. The fourth-order valence-electron chi connectivity index (χ4n) is 2.62. The number of carbonyl (C=O) groups is 1. The molecule has 0 aliphatic carbocycles. The zero-order valence-electron chi connectivity index (χ0n) is 14.6. The normalized spacial score (nSPS) is 11.4. The lowest BCUT2D eigenvalue weighted by Gasteiger charge is -2.10. The van der Waals surface area contributed by atoms with E-state index in [4.69, 9.17) is 9.15 Å². The highest BCUT2D eigenvalue weighted by Gasteiger charge is 2.30. The number of hydrogen-bond donors (Lipinski definition) is 1. The van der Waals surface area contributed by atoms with Crippen LogP contribution < -0.4 is 10.1 Å². The van der Waals surface area contributed by atoms with Gasteiger partial charge in [-0.3, -0.25) is 5.32 Å². The number of nitrogens with zero attached hydrogens (tertiary/aromatic N) is 2. The van der Waals surface area contributed by atoms with E-state index < -0.39 is 17.8 Å². The van der Waals surface area contributed by atoms with Crippen LogP contribution in [0.3, 0.4) is 0 Å². The van der Waals surface area contributed by atoms with E-state index >= 15 is 0 Å². The van der Waals surface area contributed by atoms with Gasteiger partial charge in [-0.15, -0.1) is 0 Å². The number of benzene rings is 2. The molecule has 0 bridgehead atoms. The number of carbonyl (C=O) groups excluding carboxylic acids is 1. The number of hydrogen-bond acceptors (Lipinski definition) is 5. The Hall–Kier alpha value is -3.88. The smallest absolute Gasteiger partial charge is 0.417 e. The summed E-state index contributed by atoms with van der Waals surface area (Å²) in [7, 11) is 0. The fraction of sp³-hybridized carbons (Fsp3) is 0.0500. The minimum absolute atomic E-state index is 0.0287. The number of aromatic nitrogens is 2. The summed E-state index contributed by atoms with van der Waals surface area (Å²) in [4.78, 5) is 20.6. The third kappa shape index (κ3) is 4.03. The Morgan fingerprint density at radius 1 is 1.00 bits per heavy atom. The molecule has 1 N–H and O–H groups in total. The predicted octanol–water partition coefficient (Wildman–Crippen LogP) is 5.52. The maximum Gasteiger partial charge on any atom is 0.417 e. The van der Waals surface area contributed by atoms with Crippen LogP contribution in [0, 0.1) is 0 Å². The second kappa shape index (κ2) is 7.27. The first-order chi connectivity index (χ1) is 13.9. The van der Waals surface area contributed by atoms with Crippen molar-refractivity contribution in [3.63, 3.8) is 0 Å². The molecule has 2 heterocycles. The molecule has 146 valence electrons. The van der Waals surface area contributed by atoms with Crippen molar-refractivity contribution < 1.29 is 27.1 Å². The second-order valence-electron chi connectivity index (χ2n) is 5.93. The molecular formula is C20H12F3N3O3. The van der Waals surface area contributed by atoms with Crippen molar-refractivity contribution in [1.82, 2.24) is 9.97 Å². The summed E-state index contributed by atoms with van der Waals surface area (Å²) in [6.07, 6.45) is -3.75. The lowest BCUT2D eigenvalue weighted by atomic mass is 10.2. The fourth-order valence-corrected chi connectivity index (χ4v) is 2.62. The number of anilines is 1. The largest absolute Gasteiger partial charge is 0.434 e. The molecule has 0 fully saturated rings. The van der Waals surface area contributed by atoms with Gasteiger partial charge in [-0.1, -0.05) is 12.1 Å². The lowest BCUT2D eigenvalue weighted by molar-refractivity contribution is -0.137. The van der Waals surface area contributed by atoms with Gasteiger partial charge in [-0.05, 0) is 48.5 Å². The van der Waals surface area contributed by atoms with Crippen LogP contribution in [-0.2, 0) is 6.18 Å². The molecule has 0 saturated carbocycles. The van der Waals surface area contributed by atoms with E-state index in [1.165, 1.54) is 0 Å². The van der Waals surface area contributed by atoms with Crippen LogP contribution in [0.2, 0.25) is 0 Å². The van der Waals surface area contributed by atoms with Gasteiger partial charge in [0.25, 0.3) is 0 Å². The first-order valence-electron chi connectivity index (χ1n) is 8.37. The van der Waals surface area contributed by atoms with Crippen molar-refractivity contribution in [2.75, 3.05) is 5.32 Å². The number of fused-ring (bicyclic) bond motifs is 1. The summed E-state index contributed by atoms with van der Waals surface area (Å²) in [6, 6.07) is 14.0. The Bertz CT molecular complexity index is 1140. The summed E-state index contributed by atoms with van der Waals surface area (Å²) < 4.78 is 48.6. The lowest BCUT2D eigenvalue weighted by Crippen LogP contribution is -2.17. The molecule has 0 aliphatic rings. The maximum absolute atomic E-state index is 12.6. The minimum atomic E-state index is -4.46. The van der Waals surface area contributed by atoms with Crippen LogP contribution in [0.1, 0.15) is 5.56 Å². The number of nitrogens with one attached hydrogen (secondary N) is 1. The van der Waals surface area contributed by atoms with Gasteiger partial charge >= 0.3 is 12.3 Å². The quantitative estimate of drug-likeness (QED) is 0.491. The van der Waals surface area contributed by atoms with Crippen molar-refractivity contribution in [2.24, 2.45) is 0 Å². The summed E-state index contributed by atoms with van der Waals surface area (Å²) in [5.41, 5.74) is 0.931. The number of rotatable bonds is 3. The molecule has 0 radical (unpaired) electrons. The zero-order chi connectivity index (χ0) is 20.4. The third-order valence-electron chi connectivity index (χ3n) is 3.95. The van der Waals surface area contributed by atoms with Crippen LogP contribution in [0.5, 0.6) is 5.75 Å². The van der Waals surface area contributed by atoms with Crippen molar-refractivity contribution >= 4 is 23.0 Å². The Morgan fingerprint density at radius 3 is 2.48 bits per heavy atom. The van der Waals surface area contributed by atoms with Gasteiger partial charge < -0.3 is 9.15 Å². The van der Waals surface area contributed by atoms with Crippen molar-refractivity contribution in [1.29, 1.82) is 0 Å². The van der Waals surface area contributed by atoms with Gasteiger partial charge in [-0.2, -0.15) is 18.2 Å². The van der Waals surface area contributed by atoms with Gasteiger partial charge in [0.1, 0.15) is 5.75 Å². The monoisotopic (exact) mass is 399 g/mol. The van der Waals surface area contributed by atoms with Gasteiger partial charge in [0.05, 0.1) is 16.8 Å². The van der Waals surface area contributed by atoms with E-state index in [1.807, 2.05) is 0 Å². The van der Waals surface area contributed by atoms with E-state index in [-0.39, 0.29) is 11.6 Å². The van der Waals surface area contributed by atoms with Gasteiger partial charge in [0.2, 0.25) is 5.89 Å². The molecule has 4 aromatic rings. The number of para-hydroxylation sites is 1. The summed E-state index contributed by atoms with van der Waals surface area (Å²) in [5, 5.41) is 2.54. The molecule has 9 heteroatoms. The van der Waals surface area contributed by atoms with E-state index in [1.54, 1.807) is 42.6 Å². The first kappa shape index (κ1) is 18.5. The number of ether oxygens (including phenoxy) is 1. The van der Waals surface area contributed by atoms with Crippen LogP contribution in [-0.4, -0.2) is 16.1 Å². The first-order valence-corrected chi connectivity index (χ1v) is 8.37. The Balaban J connectivity index is 1.53. The predicted molar refractivity (Wildman–Crippen MR) is 98.3 cm³/mol. The highest BCUT2D eigenvalue weighted by Crippen LogP contribution is 2.31. The van der Waals surface area contributed by atoms with E-state index in [9.17, 15) is 18.0 Å². The van der Waals surface area contributed by atoms with Crippen LogP contribution in [0.15, 0.2) is 71.3 Å². The molecule has 0 unspecified atom stereocenters. The molecule has 6 nitrogen and oxygen atoms in total. The van der Waals surface area contributed by atoms with Crippen LogP contribution in [0.4, 0.5) is 23.7 Å². The molecule has 0 atom stereocenters. The summed E-state index contributed by atoms with van der Waals surface area (Å²) in [5.74, 6) is 0.225. The van der Waals surface area contributed by atoms with Crippen LogP contribution >= 0.6 is 0 Å². The van der Waals surface area contributed by atoms with Gasteiger partial charge in [0.15, 0.2) is 11.2 Å². The number of oxazole rings is 1. The summed E-state index contributed by atoms with van der Waals surface area (Å²) >= 11 is 0. The molecule has 0 saturated heterocycles. The SMILES string of the molecule is O=C(Nc1ccccc1-c1nc2ncccc2o1)Oc1ccc(C(F)(F)F)cc1. The highest BCUT2D eigenvalue weighted by molar-refractivity contribution is 5.91. The highest BCUT2D eigenvalue weighted by atomic mass is 19.4. The molecule has 1 amide bonds. The van der Waals surface area contributed by atoms with Gasteiger partial charge in [-0.25, -0.2) is 9.78 Å². The van der Waals surface area contributed by atoms with E-state index in [0.29, 0.717) is 22.5 Å². The van der Waals surface area contributed by atoms with Crippen molar-refractivity contribution in [2.45, 2.75) is 6.18 Å². The third-order valence-corrected chi connectivity index (χ3v) is 3.95. The molecule has 4 rings (SSSR count). The molecule has 2 aromatic carbocycles.